The summed E-state index contributed by atoms with van der Waals surface area (Å²) in [6, 6.07) is 0.203. The van der Waals surface area contributed by atoms with E-state index >= 15 is 0 Å². The minimum absolute atomic E-state index is 0.118. The van der Waals surface area contributed by atoms with Crippen molar-refractivity contribution in [3.05, 3.63) is 0 Å². The summed E-state index contributed by atoms with van der Waals surface area (Å²) in [4.78, 5) is 27.5. The van der Waals surface area contributed by atoms with Crippen LogP contribution in [0.4, 0.5) is 0 Å². The monoisotopic (exact) mass is 389 g/mol. The van der Waals surface area contributed by atoms with Gasteiger partial charge in [0.15, 0.2) is 0 Å². The first-order valence-electron chi connectivity index (χ1n) is 11.6. The molecule has 7 atom stereocenters. The fourth-order valence-electron chi connectivity index (χ4n) is 8.09. The smallest absolute Gasteiger partial charge is 0.236 e. The second-order valence-electron chi connectivity index (χ2n) is 10.5. The Morgan fingerprint density at radius 2 is 1.71 bits per heavy atom. The van der Waals surface area contributed by atoms with Crippen molar-refractivity contribution in [2.75, 3.05) is 13.1 Å². The summed E-state index contributed by atoms with van der Waals surface area (Å²) in [5, 5.41) is 1.58. The number of amides is 2. The van der Waals surface area contributed by atoms with Gasteiger partial charge in [0.2, 0.25) is 11.8 Å². The molecule has 1 aliphatic heterocycles. The highest BCUT2D eigenvalue weighted by Crippen LogP contribution is 2.66. The Hall–Kier alpha value is -1.10. The van der Waals surface area contributed by atoms with Crippen molar-refractivity contribution >= 4 is 11.8 Å². The van der Waals surface area contributed by atoms with E-state index in [1.54, 1.807) is 5.01 Å². The summed E-state index contributed by atoms with van der Waals surface area (Å²) < 4.78 is 0. The summed E-state index contributed by atoms with van der Waals surface area (Å²) in [5.41, 5.74) is 0.296. The molecule has 0 aromatic carbocycles. The van der Waals surface area contributed by atoms with Gasteiger partial charge in [0, 0.05) is 25.4 Å². The number of nitrogens with zero attached hydrogens (tertiary/aromatic N) is 2. The summed E-state index contributed by atoms with van der Waals surface area (Å²) in [6.07, 6.45) is 8.36. The molecular formula is C23H39N3O2. The molecule has 0 unspecified atom stereocenters. The molecule has 4 rings (SSSR count). The van der Waals surface area contributed by atoms with E-state index in [-0.39, 0.29) is 28.7 Å². The van der Waals surface area contributed by atoms with Crippen molar-refractivity contribution in [2.45, 2.75) is 85.1 Å². The van der Waals surface area contributed by atoms with Gasteiger partial charge in [-0.05, 0) is 87.4 Å². The summed E-state index contributed by atoms with van der Waals surface area (Å²) >= 11 is 0. The standard InChI is InChI=1S/C23H39N3O2/c1-5-25(6-2)21(28)18-9-8-16-15-7-10-19-23(4,14-12-20(27)26(19)24)17(15)11-13-22(16,18)3/h15-19H,5-14,24H2,1-4H3/t15-,16-,17-,18+,19+,22-,23+/m0/s1. The second-order valence-corrected chi connectivity index (χ2v) is 10.5. The molecule has 0 aromatic heterocycles. The SMILES string of the molecule is CCN(CC)C(=O)[C@H]1CC[C@H]2[C@@H]3CC[C@H]4N(N)C(=O)CC[C@]4(C)[C@H]3CC[C@]12C. The van der Waals surface area contributed by atoms with E-state index in [2.05, 4.69) is 27.7 Å². The van der Waals surface area contributed by atoms with E-state index in [1.165, 1.54) is 19.3 Å². The maximum absolute atomic E-state index is 13.3. The van der Waals surface area contributed by atoms with E-state index in [4.69, 9.17) is 5.84 Å². The normalized spacial score (nSPS) is 45.2. The highest BCUT2D eigenvalue weighted by Gasteiger charge is 2.62. The average Bonchev–Trinajstić information content (AvgIpc) is 3.03. The first kappa shape index (κ1) is 20.2. The number of fused-ring (bicyclic) bond motifs is 5. The molecule has 0 spiro atoms. The molecule has 0 bridgehead atoms. The number of nitrogens with two attached hydrogens (primary N) is 1. The van der Waals surface area contributed by atoms with Gasteiger partial charge in [-0.2, -0.15) is 0 Å². The molecule has 2 amide bonds. The minimum atomic E-state index is 0.118. The molecule has 3 aliphatic carbocycles. The fraction of sp³-hybridized carbons (Fsp3) is 0.913. The van der Waals surface area contributed by atoms with Crippen LogP contribution in [0.3, 0.4) is 0 Å². The van der Waals surface area contributed by atoms with Crippen molar-refractivity contribution < 1.29 is 9.59 Å². The second kappa shape index (κ2) is 7.00. The van der Waals surface area contributed by atoms with Crippen LogP contribution in [-0.2, 0) is 9.59 Å². The number of carbonyl (C=O) groups excluding carboxylic acids is 2. The molecule has 28 heavy (non-hydrogen) atoms. The molecule has 158 valence electrons. The highest BCUT2D eigenvalue weighted by molar-refractivity contribution is 5.80. The van der Waals surface area contributed by atoms with Gasteiger partial charge in [0.1, 0.15) is 0 Å². The van der Waals surface area contributed by atoms with Crippen LogP contribution in [-0.4, -0.2) is 40.9 Å². The number of carbonyl (C=O) groups is 2. The van der Waals surface area contributed by atoms with Crippen LogP contribution in [0.5, 0.6) is 0 Å². The van der Waals surface area contributed by atoms with Gasteiger partial charge in [-0.15, -0.1) is 0 Å². The Balaban J connectivity index is 1.58. The van der Waals surface area contributed by atoms with Gasteiger partial charge in [0.25, 0.3) is 0 Å². The number of hydrogen-bond acceptors (Lipinski definition) is 3. The quantitative estimate of drug-likeness (QED) is 0.593. The summed E-state index contributed by atoms with van der Waals surface area (Å²) in [5.74, 6) is 8.93. The maximum Gasteiger partial charge on any atom is 0.236 e. The molecule has 2 N–H and O–H groups in total. The van der Waals surface area contributed by atoms with E-state index in [9.17, 15) is 9.59 Å². The molecule has 5 heteroatoms. The third-order valence-corrected chi connectivity index (χ3v) is 9.69. The highest BCUT2D eigenvalue weighted by atomic mass is 16.2. The number of hydrogen-bond donors (Lipinski definition) is 1. The zero-order chi connectivity index (χ0) is 20.3. The third-order valence-electron chi connectivity index (χ3n) is 9.69. The Labute approximate surface area is 170 Å². The Bertz CT molecular complexity index is 648. The van der Waals surface area contributed by atoms with Crippen molar-refractivity contribution in [3.8, 4) is 0 Å². The van der Waals surface area contributed by atoms with E-state index in [1.807, 2.05) is 4.90 Å². The van der Waals surface area contributed by atoms with Crippen molar-refractivity contribution in [2.24, 2.45) is 40.3 Å². The van der Waals surface area contributed by atoms with Gasteiger partial charge in [0.05, 0.1) is 6.04 Å². The first-order chi connectivity index (χ1) is 13.3. The third kappa shape index (κ3) is 2.68. The topological polar surface area (TPSA) is 66.6 Å². The predicted octanol–water partition coefficient (Wildman–Crippen LogP) is 3.58. The number of rotatable bonds is 3. The van der Waals surface area contributed by atoms with Crippen LogP contribution in [0.15, 0.2) is 0 Å². The number of hydrazine groups is 1. The molecule has 3 saturated carbocycles. The van der Waals surface area contributed by atoms with E-state index in [0.717, 1.165) is 38.8 Å². The van der Waals surface area contributed by atoms with Crippen molar-refractivity contribution in [1.29, 1.82) is 0 Å². The van der Waals surface area contributed by atoms with Crippen LogP contribution in [0.1, 0.15) is 79.1 Å². The lowest BCUT2D eigenvalue weighted by atomic mass is 9.47. The maximum atomic E-state index is 13.3. The lowest BCUT2D eigenvalue weighted by Crippen LogP contribution is -2.64. The van der Waals surface area contributed by atoms with Crippen LogP contribution >= 0.6 is 0 Å². The Kier molecular flexibility index (Phi) is 5.05. The molecule has 1 heterocycles. The van der Waals surface area contributed by atoms with Gasteiger partial charge >= 0.3 is 0 Å². The van der Waals surface area contributed by atoms with Gasteiger partial charge in [-0.1, -0.05) is 13.8 Å². The molecule has 4 fully saturated rings. The van der Waals surface area contributed by atoms with Crippen LogP contribution in [0, 0.1) is 34.5 Å². The van der Waals surface area contributed by atoms with Gasteiger partial charge < -0.3 is 4.90 Å². The zero-order valence-electron chi connectivity index (χ0n) is 18.2. The molecule has 1 saturated heterocycles. The van der Waals surface area contributed by atoms with Gasteiger partial charge in [-0.25, -0.2) is 5.84 Å². The molecular weight excluding hydrogens is 350 g/mol. The Morgan fingerprint density at radius 1 is 1.04 bits per heavy atom. The number of piperidine rings is 1. The molecule has 0 aromatic rings. The molecule has 5 nitrogen and oxygen atoms in total. The van der Waals surface area contributed by atoms with E-state index in [0.29, 0.717) is 30.1 Å². The summed E-state index contributed by atoms with van der Waals surface area (Å²) in [6.45, 7) is 10.6. The summed E-state index contributed by atoms with van der Waals surface area (Å²) in [7, 11) is 0. The fourth-order valence-corrected chi connectivity index (χ4v) is 8.09. The van der Waals surface area contributed by atoms with Crippen LogP contribution in [0.25, 0.3) is 0 Å². The largest absolute Gasteiger partial charge is 0.343 e. The Morgan fingerprint density at radius 3 is 2.39 bits per heavy atom. The molecule has 4 aliphatic rings. The molecule has 0 radical (unpaired) electrons. The average molecular weight is 390 g/mol. The van der Waals surface area contributed by atoms with E-state index < -0.39 is 0 Å². The minimum Gasteiger partial charge on any atom is -0.343 e. The zero-order valence-corrected chi connectivity index (χ0v) is 18.2. The lowest BCUT2D eigenvalue weighted by molar-refractivity contribution is -0.164. The van der Waals surface area contributed by atoms with Crippen LogP contribution < -0.4 is 5.84 Å². The van der Waals surface area contributed by atoms with Gasteiger partial charge in [-0.3, -0.25) is 14.6 Å². The van der Waals surface area contributed by atoms with Crippen molar-refractivity contribution in [1.82, 2.24) is 9.91 Å². The first-order valence-corrected chi connectivity index (χ1v) is 11.6. The van der Waals surface area contributed by atoms with Crippen molar-refractivity contribution in [3.63, 3.8) is 0 Å². The lowest BCUT2D eigenvalue weighted by Gasteiger charge is -2.61. The predicted molar refractivity (Wildman–Crippen MR) is 110 cm³/mol. The van der Waals surface area contributed by atoms with Crippen LogP contribution in [0.2, 0.25) is 0 Å².